The molecule has 1 aliphatic carbocycles. The van der Waals surface area contributed by atoms with Gasteiger partial charge in [-0.15, -0.1) is 17.5 Å². The molecule has 0 atom stereocenters. The monoisotopic (exact) mass is 596 g/mol. The van der Waals surface area contributed by atoms with Crippen molar-refractivity contribution in [3.8, 4) is 17.2 Å². The highest BCUT2D eigenvalue weighted by Gasteiger charge is 2.54. The number of sulfone groups is 1. The molecule has 2 aliphatic rings. The van der Waals surface area contributed by atoms with Crippen LogP contribution in [0.25, 0.3) is 0 Å². The number of hydrogen-bond acceptors (Lipinski definition) is 11. The lowest BCUT2D eigenvalue weighted by molar-refractivity contribution is -0.432. The van der Waals surface area contributed by atoms with E-state index in [1.165, 1.54) is 41.9 Å². The van der Waals surface area contributed by atoms with Gasteiger partial charge in [0.1, 0.15) is 17.2 Å². The van der Waals surface area contributed by atoms with Gasteiger partial charge >= 0.3 is 6.36 Å². The highest BCUT2D eigenvalue weighted by Crippen LogP contribution is 2.39. The fourth-order valence-corrected chi connectivity index (χ4v) is 6.21. The highest BCUT2D eigenvalue weighted by atomic mass is 32.2. The van der Waals surface area contributed by atoms with Crippen molar-refractivity contribution in [3.63, 3.8) is 0 Å². The molecule has 1 saturated carbocycles. The fourth-order valence-electron chi connectivity index (χ4n) is 4.20. The molecular formula is C23H27F3N2O9S2. The molecule has 11 nitrogen and oxygen atoms in total. The number of carbonyl (C=O) groups is 1. The molecule has 1 aliphatic heterocycles. The van der Waals surface area contributed by atoms with Gasteiger partial charge in [0.25, 0.3) is 5.91 Å². The Morgan fingerprint density at radius 1 is 1.03 bits per heavy atom. The maximum absolute atomic E-state index is 13.5. The first kappa shape index (κ1) is 30.9. The first-order valence-electron chi connectivity index (χ1n) is 11.5. The minimum atomic E-state index is -4.80. The number of hydroxylamine groups is 1. The molecule has 2 fully saturated rings. The molecule has 16 heteroatoms. The zero-order valence-corrected chi connectivity index (χ0v) is 22.2. The average Bonchev–Trinajstić information content (AvgIpc) is 3.75. The molecule has 216 valence electrons. The molecule has 1 saturated heterocycles. The van der Waals surface area contributed by atoms with Crippen LogP contribution in [0.5, 0.6) is 17.2 Å². The van der Waals surface area contributed by atoms with Gasteiger partial charge in [-0.1, -0.05) is 5.04 Å². The van der Waals surface area contributed by atoms with Crippen LogP contribution in [0.4, 0.5) is 13.2 Å². The molecule has 0 aromatic heterocycles. The second kappa shape index (κ2) is 13.2. The van der Waals surface area contributed by atoms with Crippen LogP contribution in [0, 0.1) is 0 Å². The van der Waals surface area contributed by atoms with Gasteiger partial charge in [-0.3, -0.25) is 10.0 Å². The highest BCUT2D eigenvalue weighted by molar-refractivity contribution is 7.94. The SMILES string of the molecule is CSOOO.O=C(NO)C1(S(=O)(=O)c2ccc(Oc3ccc(OC(F)(F)F)cc3)cc2)CCN(C2CC2)CC1. The Morgan fingerprint density at radius 2 is 1.54 bits per heavy atom. The van der Waals surface area contributed by atoms with Crippen molar-refractivity contribution in [2.24, 2.45) is 0 Å². The van der Waals surface area contributed by atoms with Gasteiger partial charge < -0.3 is 14.4 Å². The molecule has 0 spiro atoms. The van der Waals surface area contributed by atoms with E-state index < -0.39 is 32.6 Å². The van der Waals surface area contributed by atoms with Crippen molar-refractivity contribution in [1.29, 1.82) is 0 Å². The zero-order chi connectivity index (χ0) is 28.7. The smallest absolute Gasteiger partial charge is 0.457 e. The maximum atomic E-state index is 13.5. The summed E-state index contributed by atoms with van der Waals surface area (Å²) in [5.41, 5.74) is 1.53. The number of carbonyl (C=O) groups excluding carboxylic acids is 1. The molecule has 0 bridgehead atoms. The van der Waals surface area contributed by atoms with Crippen LogP contribution in [0.2, 0.25) is 0 Å². The quantitative estimate of drug-likeness (QED) is 0.165. The number of benzene rings is 2. The Hall–Kier alpha value is -2.60. The number of alkyl halides is 3. The summed E-state index contributed by atoms with van der Waals surface area (Å²) in [4.78, 5) is 14.6. The summed E-state index contributed by atoms with van der Waals surface area (Å²) < 4.78 is 75.2. The van der Waals surface area contributed by atoms with Crippen molar-refractivity contribution < 1.29 is 55.7 Å². The van der Waals surface area contributed by atoms with Gasteiger partial charge in [0.15, 0.2) is 14.6 Å². The van der Waals surface area contributed by atoms with E-state index in [9.17, 15) is 31.6 Å². The van der Waals surface area contributed by atoms with Crippen LogP contribution >= 0.6 is 12.0 Å². The van der Waals surface area contributed by atoms with E-state index >= 15 is 0 Å². The Bertz CT molecular complexity index is 1180. The topological polar surface area (TPSA) is 144 Å². The fraction of sp³-hybridized carbons (Fsp3) is 0.435. The van der Waals surface area contributed by atoms with E-state index in [1.807, 2.05) is 0 Å². The van der Waals surface area contributed by atoms with Gasteiger partial charge in [-0.25, -0.2) is 19.2 Å². The maximum Gasteiger partial charge on any atom is 0.573 e. The first-order valence-corrected chi connectivity index (χ1v) is 14.2. The summed E-state index contributed by atoms with van der Waals surface area (Å²) in [6, 6.07) is 10.5. The third-order valence-electron chi connectivity index (χ3n) is 6.22. The van der Waals surface area contributed by atoms with Gasteiger partial charge in [0.2, 0.25) is 0 Å². The van der Waals surface area contributed by atoms with Crippen LogP contribution in [-0.4, -0.2) is 66.2 Å². The molecule has 2 aromatic carbocycles. The summed E-state index contributed by atoms with van der Waals surface area (Å²) in [6.45, 7) is 0.874. The van der Waals surface area contributed by atoms with Crippen molar-refractivity contribution in [1.82, 2.24) is 10.4 Å². The van der Waals surface area contributed by atoms with E-state index in [0.717, 1.165) is 37.0 Å². The molecule has 39 heavy (non-hydrogen) atoms. The number of amides is 1. The van der Waals surface area contributed by atoms with Crippen LogP contribution < -0.4 is 15.0 Å². The van der Waals surface area contributed by atoms with Gasteiger partial charge in [-0.05, 0) is 74.2 Å². The molecule has 1 amide bonds. The van der Waals surface area contributed by atoms with Gasteiger partial charge in [0, 0.05) is 37.4 Å². The summed E-state index contributed by atoms with van der Waals surface area (Å²) in [6.07, 6.45) is -0.943. The summed E-state index contributed by atoms with van der Waals surface area (Å²) >= 11 is 0.929. The molecule has 0 unspecified atom stereocenters. The van der Waals surface area contributed by atoms with E-state index in [0.29, 0.717) is 19.1 Å². The number of likely N-dealkylation sites (tertiary alicyclic amines) is 1. The van der Waals surface area contributed by atoms with Crippen LogP contribution in [0.3, 0.4) is 0 Å². The molecule has 0 radical (unpaired) electrons. The number of nitrogens with one attached hydrogen (secondary N) is 1. The predicted molar refractivity (Wildman–Crippen MR) is 132 cm³/mol. The Balaban J connectivity index is 0.000000771. The number of halogens is 3. The molecular weight excluding hydrogens is 569 g/mol. The molecule has 3 N–H and O–H groups in total. The van der Waals surface area contributed by atoms with Crippen LogP contribution in [-0.2, 0) is 24.0 Å². The largest absolute Gasteiger partial charge is 0.573 e. The molecule has 2 aromatic rings. The van der Waals surface area contributed by atoms with E-state index in [2.05, 4.69) is 19.0 Å². The minimum absolute atomic E-state index is 0.0584. The predicted octanol–water partition coefficient (Wildman–Crippen LogP) is 4.34. The Kier molecular flexibility index (Phi) is 10.4. The third-order valence-corrected chi connectivity index (χ3v) is 8.94. The van der Waals surface area contributed by atoms with Gasteiger partial charge in [0.05, 0.1) is 4.90 Å². The third kappa shape index (κ3) is 7.97. The molecule has 1 heterocycles. The Morgan fingerprint density at radius 3 is 1.95 bits per heavy atom. The number of nitrogens with zero attached hydrogens (tertiary/aromatic N) is 1. The summed E-state index contributed by atoms with van der Waals surface area (Å²) in [7, 11) is -4.15. The number of rotatable bonds is 9. The number of ether oxygens (including phenoxy) is 2. The standard InChI is InChI=1S/C22H23F3N2O6S.CH4O3S/c23-22(24,25)33-18-5-3-16(4-6-18)32-17-7-9-19(10-8-17)34(30,31)21(20(28)26-29)11-13-27(14-12-21)15-1-2-15;1-5-4-3-2/h3-10,15,29H,1-2,11-14H2,(H,26,28);2H,1H3. The van der Waals surface area contributed by atoms with Crippen LogP contribution in [0.15, 0.2) is 53.4 Å². The van der Waals surface area contributed by atoms with Crippen molar-refractivity contribution >= 4 is 27.8 Å². The van der Waals surface area contributed by atoms with Crippen molar-refractivity contribution in [2.45, 2.75) is 47.7 Å². The van der Waals surface area contributed by atoms with E-state index in [-0.39, 0.29) is 29.2 Å². The average molecular weight is 597 g/mol. The number of piperidine rings is 1. The summed E-state index contributed by atoms with van der Waals surface area (Å²) in [5, 5.41) is 19.7. The first-order chi connectivity index (χ1) is 18.5. The van der Waals surface area contributed by atoms with E-state index in [1.54, 1.807) is 6.26 Å². The minimum Gasteiger partial charge on any atom is -0.457 e. The van der Waals surface area contributed by atoms with Crippen LogP contribution in [0.1, 0.15) is 25.7 Å². The second-order valence-corrected chi connectivity index (χ2v) is 11.3. The van der Waals surface area contributed by atoms with E-state index in [4.69, 9.17) is 9.99 Å². The Labute approximate surface area is 226 Å². The normalized spacial score (nSPS) is 17.5. The lowest BCUT2D eigenvalue weighted by Crippen LogP contribution is -2.58. The lowest BCUT2D eigenvalue weighted by Gasteiger charge is -2.39. The molecule has 4 rings (SSSR count). The van der Waals surface area contributed by atoms with Crippen molar-refractivity contribution in [2.75, 3.05) is 19.3 Å². The zero-order valence-electron chi connectivity index (χ0n) is 20.6. The lowest BCUT2D eigenvalue weighted by atomic mass is 9.94. The van der Waals surface area contributed by atoms with Gasteiger partial charge in [-0.2, -0.15) is 0 Å². The summed E-state index contributed by atoms with van der Waals surface area (Å²) in [5.74, 6) is -0.896. The van der Waals surface area contributed by atoms with Crippen molar-refractivity contribution in [3.05, 3.63) is 48.5 Å². The second-order valence-electron chi connectivity index (χ2n) is 8.61. The number of hydrogen-bond donors (Lipinski definition) is 3.